The highest BCUT2D eigenvalue weighted by atomic mass is 16.1. The Hall–Kier alpha value is -0.330. The van der Waals surface area contributed by atoms with Crippen molar-refractivity contribution in [2.75, 3.05) is 0 Å². The molecular weight excluding hydrogens is 256 g/mol. The van der Waals surface area contributed by atoms with Gasteiger partial charge < -0.3 is 0 Å². The van der Waals surface area contributed by atoms with Gasteiger partial charge >= 0.3 is 0 Å². The average molecular weight is 293 g/mol. The van der Waals surface area contributed by atoms with Crippen LogP contribution in [0.2, 0.25) is 0 Å². The van der Waals surface area contributed by atoms with Crippen molar-refractivity contribution in [2.45, 2.75) is 110 Å². The maximum absolute atomic E-state index is 13.2. The van der Waals surface area contributed by atoms with E-state index < -0.39 is 0 Å². The van der Waals surface area contributed by atoms with Crippen molar-refractivity contribution in [1.29, 1.82) is 0 Å². The van der Waals surface area contributed by atoms with Gasteiger partial charge in [0.25, 0.3) is 0 Å². The van der Waals surface area contributed by atoms with Crippen LogP contribution in [-0.2, 0) is 4.79 Å². The SMILES string of the molecule is CCCCCCCC1(C(=O)C2CCCCC2)CCCCC1. The maximum atomic E-state index is 13.2. The van der Waals surface area contributed by atoms with Crippen LogP contribution in [0.5, 0.6) is 0 Å². The third-order valence-electron chi connectivity index (χ3n) is 6.07. The molecule has 0 aromatic rings. The van der Waals surface area contributed by atoms with E-state index in [4.69, 9.17) is 0 Å². The molecule has 0 spiro atoms. The van der Waals surface area contributed by atoms with Crippen LogP contribution < -0.4 is 0 Å². The highest BCUT2D eigenvalue weighted by molar-refractivity contribution is 5.87. The third-order valence-corrected chi connectivity index (χ3v) is 6.07. The number of carbonyl (C=O) groups is 1. The standard InChI is InChI=1S/C20H36O/c1-2-3-4-5-10-15-20(16-11-7-12-17-20)19(21)18-13-8-6-9-14-18/h18H,2-17H2,1H3. The molecule has 0 saturated heterocycles. The average Bonchev–Trinajstić information content (AvgIpc) is 2.56. The summed E-state index contributed by atoms with van der Waals surface area (Å²) in [5.74, 6) is 1.12. The smallest absolute Gasteiger partial charge is 0.142 e. The van der Waals surface area contributed by atoms with Gasteiger partial charge in [-0.25, -0.2) is 0 Å². The van der Waals surface area contributed by atoms with Crippen LogP contribution in [0.25, 0.3) is 0 Å². The van der Waals surface area contributed by atoms with Crippen LogP contribution in [0.3, 0.4) is 0 Å². The lowest BCUT2D eigenvalue weighted by atomic mass is 9.63. The molecule has 0 N–H and O–H groups in total. The highest BCUT2D eigenvalue weighted by Gasteiger charge is 2.41. The zero-order valence-corrected chi connectivity index (χ0v) is 14.3. The molecule has 2 saturated carbocycles. The fourth-order valence-corrected chi connectivity index (χ4v) is 4.71. The first-order valence-corrected chi connectivity index (χ1v) is 9.83. The summed E-state index contributed by atoms with van der Waals surface area (Å²) in [4.78, 5) is 13.2. The predicted molar refractivity (Wildman–Crippen MR) is 90.5 cm³/mol. The topological polar surface area (TPSA) is 17.1 Å². The van der Waals surface area contributed by atoms with E-state index in [1.54, 1.807) is 0 Å². The highest BCUT2D eigenvalue weighted by Crippen LogP contribution is 2.45. The molecule has 2 fully saturated rings. The van der Waals surface area contributed by atoms with Crippen LogP contribution in [0.1, 0.15) is 110 Å². The quantitative estimate of drug-likeness (QED) is 0.470. The molecular formula is C20H36O. The van der Waals surface area contributed by atoms with Crippen molar-refractivity contribution in [2.24, 2.45) is 11.3 Å². The Labute approximate surface area is 132 Å². The molecule has 0 amide bonds. The molecule has 0 aliphatic heterocycles. The molecule has 122 valence electrons. The van der Waals surface area contributed by atoms with Crippen LogP contribution >= 0.6 is 0 Å². The van der Waals surface area contributed by atoms with Gasteiger partial charge in [0.05, 0.1) is 0 Å². The lowest BCUT2D eigenvalue weighted by molar-refractivity contribution is -0.136. The number of unbranched alkanes of at least 4 members (excludes halogenated alkanes) is 4. The van der Waals surface area contributed by atoms with Crippen LogP contribution in [0.15, 0.2) is 0 Å². The van der Waals surface area contributed by atoms with E-state index in [0.29, 0.717) is 11.7 Å². The molecule has 2 aliphatic rings. The van der Waals surface area contributed by atoms with Gasteiger partial charge in [0, 0.05) is 11.3 Å². The number of hydrogen-bond acceptors (Lipinski definition) is 1. The van der Waals surface area contributed by atoms with Gasteiger partial charge in [-0.2, -0.15) is 0 Å². The van der Waals surface area contributed by atoms with Gasteiger partial charge in [-0.15, -0.1) is 0 Å². The second kappa shape index (κ2) is 8.96. The summed E-state index contributed by atoms with van der Waals surface area (Å²) in [6.07, 6.45) is 20.6. The van der Waals surface area contributed by atoms with Crippen LogP contribution in [-0.4, -0.2) is 5.78 Å². The normalized spacial score (nSPS) is 23.1. The first-order chi connectivity index (χ1) is 10.3. The molecule has 0 heterocycles. The predicted octanol–water partition coefficient (Wildman–Crippen LogP) is 6.45. The van der Waals surface area contributed by atoms with Gasteiger partial charge in [-0.3, -0.25) is 4.79 Å². The number of rotatable bonds is 8. The molecule has 2 aliphatic carbocycles. The Balaban J connectivity index is 1.90. The van der Waals surface area contributed by atoms with E-state index in [1.807, 2.05) is 0 Å². The van der Waals surface area contributed by atoms with Crippen molar-refractivity contribution in [3.63, 3.8) is 0 Å². The second-order valence-corrected chi connectivity index (χ2v) is 7.70. The number of carbonyl (C=O) groups excluding carboxylic acids is 1. The van der Waals surface area contributed by atoms with Gasteiger partial charge in [0.15, 0.2) is 0 Å². The molecule has 0 atom stereocenters. The van der Waals surface area contributed by atoms with Crippen molar-refractivity contribution in [3.05, 3.63) is 0 Å². The molecule has 2 rings (SSSR count). The van der Waals surface area contributed by atoms with Gasteiger partial charge in [0.2, 0.25) is 0 Å². The Kier molecular flexibility index (Phi) is 7.26. The fourth-order valence-electron chi connectivity index (χ4n) is 4.71. The third kappa shape index (κ3) is 4.83. The lowest BCUT2D eigenvalue weighted by Crippen LogP contribution is -2.38. The van der Waals surface area contributed by atoms with Crippen molar-refractivity contribution in [1.82, 2.24) is 0 Å². The fraction of sp³-hybridized carbons (Fsp3) is 0.950. The largest absolute Gasteiger partial charge is 0.299 e. The van der Waals surface area contributed by atoms with Crippen LogP contribution in [0, 0.1) is 11.3 Å². The summed E-state index contributed by atoms with van der Waals surface area (Å²) in [7, 11) is 0. The summed E-state index contributed by atoms with van der Waals surface area (Å²) >= 11 is 0. The molecule has 1 heteroatoms. The van der Waals surface area contributed by atoms with E-state index >= 15 is 0 Å². The number of ketones is 1. The summed E-state index contributed by atoms with van der Waals surface area (Å²) in [6, 6.07) is 0. The molecule has 21 heavy (non-hydrogen) atoms. The van der Waals surface area contributed by atoms with E-state index in [-0.39, 0.29) is 5.41 Å². The number of hydrogen-bond donors (Lipinski definition) is 0. The minimum Gasteiger partial charge on any atom is -0.299 e. The Morgan fingerprint density at radius 3 is 2.14 bits per heavy atom. The van der Waals surface area contributed by atoms with E-state index in [2.05, 4.69) is 6.92 Å². The van der Waals surface area contributed by atoms with Gasteiger partial charge in [0.1, 0.15) is 5.78 Å². The molecule has 0 bridgehead atoms. The van der Waals surface area contributed by atoms with Crippen molar-refractivity contribution < 1.29 is 4.79 Å². The zero-order chi connectivity index (χ0) is 15.0. The van der Waals surface area contributed by atoms with Gasteiger partial charge in [-0.05, 0) is 32.1 Å². The zero-order valence-electron chi connectivity index (χ0n) is 14.3. The maximum Gasteiger partial charge on any atom is 0.142 e. The summed E-state index contributed by atoms with van der Waals surface area (Å²) < 4.78 is 0. The van der Waals surface area contributed by atoms with E-state index in [0.717, 1.165) is 0 Å². The van der Waals surface area contributed by atoms with Crippen molar-refractivity contribution >= 4 is 5.78 Å². The van der Waals surface area contributed by atoms with Crippen LogP contribution in [0.4, 0.5) is 0 Å². The Morgan fingerprint density at radius 2 is 1.48 bits per heavy atom. The monoisotopic (exact) mass is 292 g/mol. The molecule has 0 aromatic heterocycles. The summed E-state index contributed by atoms with van der Waals surface area (Å²) in [5, 5.41) is 0. The molecule has 0 aromatic carbocycles. The summed E-state index contributed by atoms with van der Waals surface area (Å²) in [6.45, 7) is 2.27. The van der Waals surface area contributed by atoms with Crippen molar-refractivity contribution in [3.8, 4) is 0 Å². The first-order valence-electron chi connectivity index (χ1n) is 9.83. The second-order valence-electron chi connectivity index (χ2n) is 7.70. The summed E-state index contributed by atoms with van der Waals surface area (Å²) in [5.41, 5.74) is 0.104. The molecule has 0 unspecified atom stereocenters. The first kappa shape index (κ1) is 17.0. The molecule has 0 radical (unpaired) electrons. The van der Waals surface area contributed by atoms with E-state index in [1.165, 1.54) is 103 Å². The Bertz CT molecular complexity index is 295. The van der Waals surface area contributed by atoms with Gasteiger partial charge in [-0.1, -0.05) is 77.6 Å². The number of Topliss-reactive ketones (excluding diaryl/α,β-unsaturated/α-hetero) is 1. The van der Waals surface area contributed by atoms with E-state index in [9.17, 15) is 4.79 Å². The minimum atomic E-state index is 0.104. The Morgan fingerprint density at radius 1 is 0.857 bits per heavy atom. The molecule has 1 nitrogen and oxygen atoms in total. The lowest BCUT2D eigenvalue weighted by Gasteiger charge is -2.39. The minimum absolute atomic E-state index is 0.104.